The van der Waals surface area contributed by atoms with E-state index in [1.807, 2.05) is 13.8 Å². The molecule has 1 aromatic rings. The highest BCUT2D eigenvalue weighted by Gasteiger charge is 2.45. The first-order valence-electron chi connectivity index (χ1n) is 12.2. The maximum atomic E-state index is 14.0. The first-order chi connectivity index (χ1) is 16.7. The molecule has 0 aliphatic heterocycles. The van der Waals surface area contributed by atoms with Crippen molar-refractivity contribution in [2.45, 2.75) is 84.5 Å². The number of aryl methyl sites for hydroxylation is 1. The highest BCUT2D eigenvalue weighted by Crippen LogP contribution is 2.39. The fourth-order valence-corrected chi connectivity index (χ4v) is 3.84. The number of benzene rings is 1. The van der Waals surface area contributed by atoms with Gasteiger partial charge in [0, 0.05) is 11.6 Å². The Morgan fingerprint density at radius 3 is 2.33 bits per heavy atom. The van der Waals surface area contributed by atoms with E-state index in [9.17, 15) is 24.3 Å². The summed E-state index contributed by atoms with van der Waals surface area (Å²) >= 11 is 0. The molecule has 0 bridgehead atoms. The molecule has 0 heterocycles. The van der Waals surface area contributed by atoms with Crippen LogP contribution in [-0.4, -0.2) is 65.2 Å². The summed E-state index contributed by atoms with van der Waals surface area (Å²) in [5.41, 5.74) is 0.0141. The van der Waals surface area contributed by atoms with Gasteiger partial charge in [-0.25, -0.2) is 4.79 Å². The van der Waals surface area contributed by atoms with Gasteiger partial charge in [0.2, 0.25) is 11.8 Å². The third-order valence-electron chi connectivity index (χ3n) is 5.62. The van der Waals surface area contributed by atoms with Crippen LogP contribution in [0.25, 0.3) is 0 Å². The Labute approximate surface area is 212 Å². The van der Waals surface area contributed by atoms with Crippen molar-refractivity contribution in [3.8, 4) is 5.75 Å². The van der Waals surface area contributed by atoms with Crippen molar-refractivity contribution >= 4 is 23.9 Å². The van der Waals surface area contributed by atoms with E-state index in [-0.39, 0.29) is 23.3 Å². The molecule has 36 heavy (non-hydrogen) atoms. The number of hydrogen-bond donors (Lipinski definition) is 3. The number of nitrogens with zero attached hydrogens (tertiary/aromatic N) is 1. The molecule has 2 unspecified atom stereocenters. The quantitative estimate of drug-likeness (QED) is 0.416. The van der Waals surface area contributed by atoms with E-state index in [4.69, 9.17) is 4.74 Å². The Morgan fingerprint density at radius 1 is 1.17 bits per heavy atom. The van der Waals surface area contributed by atoms with Crippen molar-refractivity contribution in [2.75, 3.05) is 13.7 Å². The Hall–Kier alpha value is -3.30. The van der Waals surface area contributed by atoms with Gasteiger partial charge in [-0.15, -0.1) is 0 Å². The van der Waals surface area contributed by atoms with Gasteiger partial charge in [-0.3, -0.25) is 14.4 Å². The summed E-state index contributed by atoms with van der Waals surface area (Å²) in [5.74, 6) is -1.81. The minimum Gasteiger partial charge on any atom is -0.507 e. The van der Waals surface area contributed by atoms with Crippen LogP contribution in [-0.2, 0) is 23.9 Å². The lowest BCUT2D eigenvalue weighted by atomic mass is 9.97. The van der Waals surface area contributed by atoms with Gasteiger partial charge < -0.3 is 30.1 Å². The predicted octanol–water partition coefficient (Wildman–Crippen LogP) is 2.96. The molecule has 3 amide bonds. The van der Waals surface area contributed by atoms with Crippen LogP contribution in [0.15, 0.2) is 18.2 Å². The smallest absolute Gasteiger partial charge is 0.408 e. The third kappa shape index (κ3) is 8.13. The Kier molecular flexibility index (Phi) is 9.72. The zero-order valence-corrected chi connectivity index (χ0v) is 22.2. The molecule has 1 aromatic carbocycles. The van der Waals surface area contributed by atoms with Gasteiger partial charge in [-0.1, -0.05) is 32.0 Å². The molecule has 10 nitrogen and oxygen atoms in total. The van der Waals surface area contributed by atoms with E-state index in [0.29, 0.717) is 24.8 Å². The summed E-state index contributed by atoms with van der Waals surface area (Å²) in [6.45, 7) is 10.3. The number of phenols is 1. The van der Waals surface area contributed by atoms with Crippen LogP contribution in [0.2, 0.25) is 0 Å². The molecule has 0 spiro atoms. The fraction of sp³-hybridized carbons (Fsp3) is 0.615. The summed E-state index contributed by atoms with van der Waals surface area (Å²) < 4.78 is 9.99. The Morgan fingerprint density at radius 2 is 1.81 bits per heavy atom. The van der Waals surface area contributed by atoms with Crippen LogP contribution in [0.4, 0.5) is 4.79 Å². The highest BCUT2D eigenvalue weighted by atomic mass is 16.6. The summed E-state index contributed by atoms with van der Waals surface area (Å²) in [6, 6.07) is 2.52. The Balaban J connectivity index is 2.48. The van der Waals surface area contributed by atoms with Crippen molar-refractivity contribution in [3.05, 3.63) is 29.3 Å². The van der Waals surface area contributed by atoms with Crippen molar-refractivity contribution in [2.24, 2.45) is 5.92 Å². The number of hydrogen-bond acceptors (Lipinski definition) is 7. The van der Waals surface area contributed by atoms with Gasteiger partial charge in [-0.2, -0.15) is 0 Å². The first kappa shape index (κ1) is 28.9. The van der Waals surface area contributed by atoms with E-state index in [2.05, 4.69) is 15.4 Å². The standard InChI is InChI=1S/C26H39N3O7/c1-15(2)13-19(28-25(34)36-26(4,5)6)24(33)29(17-11-12-17)21(23(32)27-14-20(30)35-7)18-10-8-9-16(3)22(18)31/h8-10,15,17,19,21,31H,11-14H2,1-7H3,(H,27,32)(H,28,34). The number of para-hydroxylation sites is 1. The van der Waals surface area contributed by atoms with Gasteiger partial charge in [0.05, 0.1) is 7.11 Å². The molecule has 1 saturated carbocycles. The number of carbonyl (C=O) groups excluding carboxylic acids is 4. The summed E-state index contributed by atoms with van der Waals surface area (Å²) in [4.78, 5) is 53.1. The minimum absolute atomic E-state index is 0.0499. The molecule has 1 fully saturated rings. The molecular formula is C26H39N3O7. The van der Waals surface area contributed by atoms with Crippen molar-refractivity contribution in [1.82, 2.24) is 15.5 Å². The van der Waals surface area contributed by atoms with Crippen molar-refractivity contribution in [3.63, 3.8) is 0 Å². The fourth-order valence-electron chi connectivity index (χ4n) is 3.84. The lowest BCUT2D eigenvalue weighted by Gasteiger charge is -2.35. The van der Waals surface area contributed by atoms with Gasteiger partial charge in [0.1, 0.15) is 30.0 Å². The lowest BCUT2D eigenvalue weighted by Crippen LogP contribution is -2.54. The zero-order chi connectivity index (χ0) is 27.2. The zero-order valence-electron chi connectivity index (χ0n) is 22.2. The van der Waals surface area contributed by atoms with Crippen LogP contribution < -0.4 is 10.6 Å². The maximum absolute atomic E-state index is 14.0. The number of nitrogens with one attached hydrogen (secondary N) is 2. The van der Waals surface area contributed by atoms with Gasteiger partial charge in [0.15, 0.2) is 0 Å². The number of alkyl carbamates (subject to hydrolysis) is 1. The minimum atomic E-state index is -1.22. The van der Waals surface area contributed by atoms with E-state index in [1.165, 1.54) is 12.0 Å². The SMILES string of the molecule is COC(=O)CNC(=O)C(c1cccc(C)c1O)N(C(=O)C(CC(C)C)NC(=O)OC(C)(C)C)C1CC1. The maximum Gasteiger partial charge on any atom is 0.408 e. The molecule has 2 rings (SSSR count). The third-order valence-corrected chi connectivity index (χ3v) is 5.62. The number of amides is 3. The largest absolute Gasteiger partial charge is 0.507 e. The van der Waals surface area contributed by atoms with Gasteiger partial charge in [-0.05, 0) is 58.4 Å². The second kappa shape index (κ2) is 12.1. The number of phenolic OH excluding ortho intramolecular Hbond substituents is 1. The molecule has 2 atom stereocenters. The second-order valence-electron chi connectivity index (χ2n) is 10.5. The highest BCUT2D eigenvalue weighted by molar-refractivity contribution is 5.94. The molecule has 10 heteroatoms. The van der Waals surface area contributed by atoms with Crippen LogP contribution >= 0.6 is 0 Å². The van der Waals surface area contributed by atoms with Crippen LogP contribution in [0.5, 0.6) is 5.75 Å². The van der Waals surface area contributed by atoms with Crippen molar-refractivity contribution in [1.29, 1.82) is 0 Å². The average molecular weight is 506 g/mol. The number of aromatic hydroxyl groups is 1. The summed E-state index contributed by atoms with van der Waals surface area (Å²) in [6.07, 6.45) is 0.916. The molecular weight excluding hydrogens is 466 g/mol. The molecule has 200 valence electrons. The van der Waals surface area contributed by atoms with E-state index in [1.54, 1.807) is 45.9 Å². The molecule has 3 N–H and O–H groups in total. The van der Waals surface area contributed by atoms with Crippen molar-refractivity contribution < 1.29 is 33.8 Å². The monoisotopic (exact) mass is 505 g/mol. The number of carbonyl (C=O) groups is 4. The summed E-state index contributed by atoms with van der Waals surface area (Å²) in [7, 11) is 1.21. The predicted molar refractivity (Wildman–Crippen MR) is 133 cm³/mol. The second-order valence-corrected chi connectivity index (χ2v) is 10.5. The molecule has 0 aromatic heterocycles. The number of ether oxygens (including phenoxy) is 2. The number of rotatable bonds is 10. The average Bonchev–Trinajstić information content (AvgIpc) is 3.60. The van der Waals surface area contributed by atoms with E-state index >= 15 is 0 Å². The topological polar surface area (TPSA) is 134 Å². The van der Waals surface area contributed by atoms with Crippen LogP contribution in [0, 0.1) is 12.8 Å². The first-order valence-corrected chi connectivity index (χ1v) is 12.2. The molecule has 0 radical (unpaired) electrons. The summed E-state index contributed by atoms with van der Waals surface area (Å²) in [5, 5.41) is 16.0. The van der Waals surface area contributed by atoms with E-state index in [0.717, 1.165) is 0 Å². The van der Waals surface area contributed by atoms with Gasteiger partial charge in [0.25, 0.3) is 0 Å². The normalized spacial score (nSPS) is 15.0. The lowest BCUT2D eigenvalue weighted by molar-refractivity contribution is -0.145. The Bertz CT molecular complexity index is 967. The number of esters is 1. The van der Waals surface area contributed by atoms with Crippen LogP contribution in [0.3, 0.4) is 0 Å². The molecule has 1 aliphatic carbocycles. The van der Waals surface area contributed by atoms with Crippen LogP contribution in [0.1, 0.15) is 71.0 Å². The number of methoxy groups -OCH3 is 1. The molecule has 1 aliphatic rings. The van der Waals surface area contributed by atoms with E-state index < -0.39 is 48.1 Å². The molecule has 0 saturated heterocycles. The van der Waals surface area contributed by atoms with Gasteiger partial charge >= 0.3 is 12.1 Å².